The van der Waals surface area contributed by atoms with Crippen LogP contribution in [-0.4, -0.2) is 44.5 Å². The number of aromatic nitrogens is 5. The summed E-state index contributed by atoms with van der Waals surface area (Å²) >= 11 is 0. The summed E-state index contributed by atoms with van der Waals surface area (Å²) in [7, 11) is 3.39. The summed E-state index contributed by atoms with van der Waals surface area (Å²) in [6.45, 7) is 4.30. The van der Waals surface area contributed by atoms with Gasteiger partial charge < -0.3 is 10.1 Å². The molecule has 1 atom stereocenters. The number of carbonyl (C=O) groups excluding carboxylic acids is 1. The van der Waals surface area contributed by atoms with Crippen molar-refractivity contribution in [2.45, 2.75) is 25.9 Å². The van der Waals surface area contributed by atoms with Crippen molar-refractivity contribution in [2.24, 2.45) is 7.05 Å². The van der Waals surface area contributed by atoms with Crippen molar-refractivity contribution < 1.29 is 9.53 Å². The summed E-state index contributed by atoms with van der Waals surface area (Å²) in [5, 5.41) is 17.4. The molecule has 9 heteroatoms. The van der Waals surface area contributed by atoms with E-state index in [0.29, 0.717) is 12.4 Å². The van der Waals surface area contributed by atoms with Crippen LogP contribution in [0.3, 0.4) is 0 Å². The number of nitrogens with one attached hydrogen (secondary N) is 2. The molecule has 0 saturated carbocycles. The first kappa shape index (κ1) is 16.0. The van der Waals surface area contributed by atoms with Crippen LogP contribution in [0.1, 0.15) is 31.6 Å². The van der Waals surface area contributed by atoms with Gasteiger partial charge in [-0.05, 0) is 19.9 Å². The molecule has 2 rings (SSSR count). The Labute approximate surface area is 128 Å². The summed E-state index contributed by atoms with van der Waals surface area (Å²) in [6, 6.07) is 1.33. The number of amides is 2. The van der Waals surface area contributed by atoms with Gasteiger partial charge in [0.15, 0.2) is 5.82 Å². The van der Waals surface area contributed by atoms with Crippen molar-refractivity contribution in [3.05, 3.63) is 24.2 Å². The van der Waals surface area contributed by atoms with E-state index < -0.39 is 0 Å². The Hall–Kier alpha value is -2.42. The van der Waals surface area contributed by atoms with Crippen molar-refractivity contribution in [1.82, 2.24) is 30.1 Å². The molecule has 120 valence electrons. The highest BCUT2D eigenvalue weighted by Crippen LogP contribution is 2.12. The van der Waals surface area contributed by atoms with Gasteiger partial charge in [-0.1, -0.05) is 5.21 Å². The molecule has 0 spiro atoms. The summed E-state index contributed by atoms with van der Waals surface area (Å²) in [5.74, 6) is 0.396. The molecule has 9 nitrogen and oxygen atoms in total. The number of methoxy groups -OCH3 is 1. The number of hydrogen-bond acceptors (Lipinski definition) is 5. The fourth-order valence-electron chi connectivity index (χ4n) is 1.99. The summed E-state index contributed by atoms with van der Waals surface area (Å²) in [6.07, 6.45) is 3.35. The SMILES string of the molecule is COC[C@@H](NC(=O)Nc1cn(C(C)C)nn1)c1ccnn1C. The van der Waals surface area contributed by atoms with E-state index >= 15 is 0 Å². The van der Waals surface area contributed by atoms with Gasteiger partial charge in [0.1, 0.15) is 0 Å². The molecule has 0 fully saturated rings. The van der Waals surface area contributed by atoms with E-state index in [1.807, 2.05) is 27.0 Å². The summed E-state index contributed by atoms with van der Waals surface area (Å²) in [4.78, 5) is 12.1. The monoisotopic (exact) mass is 307 g/mol. The first-order chi connectivity index (χ1) is 10.5. The highest BCUT2D eigenvalue weighted by Gasteiger charge is 2.18. The molecule has 0 aliphatic heterocycles. The first-order valence-electron chi connectivity index (χ1n) is 6.97. The van der Waals surface area contributed by atoms with E-state index in [0.717, 1.165) is 5.69 Å². The lowest BCUT2D eigenvalue weighted by Crippen LogP contribution is -2.35. The van der Waals surface area contributed by atoms with E-state index in [4.69, 9.17) is 4.74 Å². The van der Waals surface area contributed by atoms with E-state index in [9.17, 15) is 4.79 Å². The highest BCUT2D eigenvalue weighted by atomic mass is 16.5. The standard InChI is InChI=1S/C13H21N7O2/c1-9(2)20-7-12(17-18-20)16-13(21)15-10(8-22-4)11-5-6-14-19(11)3/h5-7,9-10H,8H2,1-4H3,(H2,15,16,21)/t10-/m1/s1. The molecule has 0 unspecified atom stereocenters. The average molecular weight is 307 g/mol. The molecule has 2 heterocycles. The highest BCUT2D eigenvalue weighted by molar-refractivity contribution is 5.88. The Morgan fingerprint density at radius 1 is 1.45 bits per heavy atom. The maximum Gasteiger partial charge on any atom is 0.321 e. The second kappa shape index (κ2) is 7.03. The minimum Gasteiger partial charge on any atom is -0.382 e. The molecule has 2 N–H and O–H groups in total. The minimum absolute atomic E-state index is 0.182. The number of aryl methyl sites for hydroxylation is 1. The van der Waals surface area contributed by atoms with Gasteiger partial charge in [-0.25, -0.2) is 9.48 Å². The van der Waals surface area contributed by atoms with Crippen LogP contribution in [0.2, 0.25) is 0 Å². The second-order valence-corrected chi connectivity index (χ2v) is 5.16. The molecule has 2 amide bonds. The van der Waals surface area contributed by atoms with Crippen LogP contribution < -0.4 is 10.6 Å². The third kappa shape index (κ3) is 3.82. The molecule has 0 aromatic carbocycles. The number of nitrogens with zero attached hydrogens (tertiary/aromatic N) is 5. The van der Waals surface area contributed by atoms with Gasteiger partial charge in [-0.3, -0.25) is 10.00 Å². The Morgan fingerprint density at radius 3 is 2.77 bits per heavy atom. The number of ether oxygens (including phenoxy) is 1. The van der Waals surface area contributed by atoms with E-state index in [-0.39, 0.29) is 18.1 Å². The molecule has 0 aliphatic rings. The van der Waals surface area contributed by atoms with Gasteiger partial charge in [0.2, 0.25) is 0 Å². The third-order valence-electron chi connectivity index (χ3n) is 3.14. The van der Waals surface area contributed by atoms with Crippen LogP contribution in [0, 0.1) is 0 Å². The molecule has 2 aromatic rings. The number of anilines is 1. The molecule has 2 aromatic heterocycles. The lowest BCUT2D eigenvalue weighted by Gasteiger charge is -2.18. The zero-order valence-electron chi connectivity index (χ0n) is 13.1. The zero-order chi connectivity index (χ0) is 16.1. The summed E-state index contributed by atoms with van der Waals surface area (Å²) < 4.78 is 8.52. The topological polar surface area (TPSA) is 98.9 Å². The van der Waals surface area contributed by atoms with Crippen molar-refractivity contribution in [1.29, 1.82) is 0 Å². The number of hydrogen-bond donors (Lipinski definition) is 2. The van der Waals surface area contributed by atoms with Crippen LogP contribution in [0.5, 0.6) is 0 Å². The molecule has 0 radical (unpaired) electrons. The van der Waals surface area contributed by atoms with Crippen molar-refractivity contribution >= 4 is 11.8 Å². The van der Waals surface area contributed by atoms with Crippen LogP contribution in [0.15, 0.2) is 18.5 Å². The maximum absolute atomic E-state index is 12.1. The lowest BCUT2D eigenvalue weighted by molar-refractivity contribution is 0.165. The quantitative estimate of drug-likeness (QED) is 0.832. The van der Waals surface area contributed by atoms with E-state index in [1.54, 1.807) is 28.9 Å². The van der Waals surface area contributed by atoms with Crippen molar-refractivity contribution in [3.8, 4) is 0 Å². The Balaban J connectivity index is 2.00. The van der Waals surface area contributed by atoms with Crippen molar-refractivity contribution in [2.75, 3.05) is 19.0 Å². The smallest absolute Gasteiger partial charge is 0.321 e. The second-order valence-electron chi connectivity index (χ2n) is 5.16. The van der Waals surface area contributed by atoms with Gasteiger partial charge in [0.25, 0.3) is 0 Å². The van der Waals surface area contributed by atoms with Crippen molar-refractivity contribution in [3.63, 3.8) is 0 Å². The van der Waals surface area contributed by atoms with Gasteiger partial charge in [-0.15, -0.1) is 5.10 Å². The van der Waals surface area contributed by atoms with Crippen LogP contribution in [0.4, 0.5) is 10.6 Å². The molecule has 0 aliphatic carbocycles. The average Bonchev–Trinajstić information content (AvgIpc) is 3.07. The molecule has 0 saturated heterocycles. The van der Waals surface area contributed by atoms with Crippen LogP contribution in [0.25, 0.3) is 0 Å². The molecule has 0 bridgehead atoms. The third-order valence-corrected chi connectivity index (χ3v) is 3.14. The largest absolute Gasteiger partial charge is 0.382 e. The number of carbonyl (C=O) groups is 1. The molecular formula is C13H21N7O2. The summed E-state index contributed by atoms with van der Waals surface area (Å²) in [5.41, 5.74) is 0.850. The van der Waals surface area contributed by atoms with Gasteiger partial charge in [0, 0.05) is 26.4 Å². The van der Waals surface area contributed by atoms with Gasteiger partial charge >= 0.3 is 6.03 Å². The Morgan fingerprint density at radius 2 is 2.23 bits per heavy atom. The van der Waals surface area contributed by atoms with Crippen LogP contribution in [-0.2, 0) is 11.8 Å². The molecular weight excluding hydrogens is 286 g/mol. The predicted molar refractivity (Wildman–Crippen MR) is 80.4 cm³/mol. The Kier molecular flexibility index (Phi) is 5.10. The maximum atomic E-state index is 12.1. The fourth-order valence-corrected chi connectivity index (χ4v) is 1.99. The zero-order valence-corrected chi connectivity index (χ0v) is 13.1. The fraction of sp³-hybridized carbons (Fsp3) is 0.538. The van der Waals surface area contributed by atoms with E-state index in [1.165, 1.54) is 0 Å². The predicted octanol–water partition coefficient (Wildman–Crippen LogP) is 1.10. The number of rotatable bonds is 6. The van der Waals surface area contributed by atoms with Gasteiger partial charge in [-0.2, -0.15) is 5.10 Å². The van der Waals surface area contributed by atoms with E-state index in [2.05, 4.69) is 26.0 Å². The Bertz CT molecular complexity index is 619. The first-order valence-corrected chi connectivity index (χ1v) is 6.97. The van der Waals surface area contributed by atoms with Crippen LogP contribution >= 0.6 is 0 Å². The lowest BCUT2D eigenvalue weighted by atomic mass is 10.2. The number of urea groups is 1. The minimum atomic E-state index is -0.376. The normalized spacial score (nSPS) is 12.4. The van der Waals surface area contributed by atoms with Gasteiger partial charge in [0.05, 0.1) is 24.5 Å². The molecule has 22 heavy (non-hydrogen) atoms.